The summed E-state index contributed by atoms with van der Waals surface area (Å²) in [6.45, 7) is 2.08. The fraction of sp³-hybridized carbons (Fsp3) is 0.889. The van der Waals surface area contributed by atoms with Crippen LogP contribution in [0.4, 0.5) is 0 Å². The number of hydrogen-bond donors (Lipinski definition) is 2. The Morgan fingerprint density at radius 2 is 2.14 bits per heavy atom. The molecule has 0 aromatic rings. The number of carbonyl (C=O) groups excluding carboxylic acids is 1. The molecule has 1 aliphatic heterocycles. The standard InChI is InChI=1S/C9H18N2O2.ClH/c1-13-9(12)8(10)6-7-2-4-11-5-3-7;/h7-8,11H,2-6,10H2,1H3;1H. The van der Waals surface area contributed by atoms with Gasteiger partial charge in [-0.1, -0.05) is 0 Å². The Morgan fingerprint density at radius 3 is 2.64 bits per heavy atom. The van der Waals surface area contributed by atoms with Gasteiger partial charge in [-0.15, -0.1) is 12.4 Å². The summed E-state index contributed by atoms with van der Waals surface area (Å²) in [4.78, 5) is 11.0. The molecule has 84 valence electrons. The van der Waals surface area contributed by atoms with Gasteiger partial charge in [0.1, 0.15) is 6.04 Å². The zero-order valence-electron chi connectivity index (χ0n) is 8.49. The molecule has 1 heterocycles. The maximum absolute atomic E-state index is 11.0. The SMILES string of the molecule is COC(=O)C(N)CC1CCNCC1.Cl. The number of methoxy groups -OCH3 is 1. The second kappa shape index (κ2) is 7.04. The number of carbonyl (C=O) groups is 1. The van der Waals surface area contributed by atoms with Crippen LogP contribution >= 0.6 is 12.4 Å². The Kier molecular flexibility index (Phi) is 6.87. The van der Waals surface area contributed by atoms with Crippen LogP contribution in [0.1, 0.15) is 19.3 Å². The molecule has 0 saturated carbocycles. The Bertz CT molecular complexity index is 172. The Balaban J connectivity index is 0.00000169. The number of nitrogens with two attached hydrogens (primary N) is 1. The molecule has 0 aromatic heterocycles. The fourth-order valence-electron chi connectivity index (χ4n) is 1.72. The lowest BCUT2D eigenvalue weighted by Crippen LogP contribution is -2.37. The molecule has 1 saturated heterocycles. The molecule has 0 aliphatic carbocycles. The predicted octanol–water partition coefficient (Wildman–Crippen LogP) is 0.298. The Morgan fingerprint density at radius 1 is 1.57 bits per heavy atom. The molecule has 0 radical (unpaired) electrons. The van der Waals surface area contributed by atoms with E-state index in [1.807, 2.05) is 0 Å². The van der Waals surface area contributed by atoms with Crippen molar-refractivity contribution in [1.82, 2.24) is 5.32 Å². The van der Waals surface area contributed by atoms with Crippen molar-refractivity contribution in [3.05, 3.63) is 0 Å². The van der Waals surface area contributed by atoms with Crippen molar-refractivity contribution in [3.8, 4) is 0 Å². The monoisotopic (exact) mass is 222 g/mol. The van der Waals surface area contributed by atoms with Crippen molar-refractivity contribution in [1.29, 1.82) is 0 Å². The summed E-state index contributed by atoms with van der Waals surface area (Å²) < 4.78 is 4.57. The van der Waals surface area contributed by atoms with E-state index in [0.29, 0.717) is 5.92 Å². The molecule has 0 spiro atoms. The molecule has 0 amide bonds. The van der Waals surface area contributed by atoms with Crippen molar-refractivity contribution in [3.63, 3.8) is 0 Å². The third kappa shape index (κ3) is 4.26. The number of rotatable bonds is 3. The van der Waals surface area contributed by atoms with Crippen LogP contribution in [-0.2, 0) is 9.53 Å². The van der Waals surface area contributed by atoms with Gasteiger partial charge < -0.3 is 15.8 Å². The van der Waals surface area contributed by atoms with Gasteiger partial charge in [-0.3, -0.25) is 4.79 Å². The summed E-state index contributed by atoms with van der Waals surface area (Å²) >= 11 is 0. The van der Waals surface area contributed by atoms with Crippen LogP contribution in [0.2, 0.25) is 0 Å². The molecule has 14 heavy (non-hydrogen) atoms. The first-order valence-electron chi connectivity index (χ1n) is 4.78. The molecule has 5 heteroatoms. The molecule has 4 nitrogen and oxygen atoms in total. The van der Waals surface area contributed by atoms with Gasteiger partial charge in [0.05, 0.1) is 7.11 Å². The van der Waals surface area contributed by atoms with Crippen molar-refractivity contribution in [2.24, 2.45) is 11.7 Å². The molecular formula is C9H19ClN2O2. The van der Waals surface area contributed by atoms with Gasteiger partial charge in [-0.25, -0.2) is 0 Å². The number of hydrogen-bond acceptors (Lipinski definition) is 4. The average molecular weight is 223 g/mol. The van der Waals surface area contributed by atoms with Crippen molar-refractivity contribution >= 4 is 18.4 Å². The minimum atomic E-state index is -0.437. The first-order valence-corrected chi connectivity index (χ1v) is 4.78. The molecule has 1 atom stereocenters. The van der Waals surface area contributed by atoms with Gasteiger partial charge in [-0.05, 0) is 38.3 Å². The molecule has 1 rings (SSSR count). The predicted molar refractivity (Wildman–Crippen MR) is 57.5 cm³/mol. The summed E-state index contributed by atoms with van der Waals surface area (Å²) in [5.41, 5.74) is 5.66. The maximum atomic E-state index is 11.0. The minimum Gasteiger partial charge on any atom is -0.468 e. The van der Waals surface area contributed by atoms with Crippen LogP contribution in [0, 0.1) is 5.92 Å². The molecule has 3 N–H and O–H groups in total. The molecule has 1 fully saturated rings. The topological polar surface area (TPSA) is 64.3 Å². The largest absolute Gasteiger partial charge is 0.468 e. The van der Waals surface area contributed by atoms with E-state index in [2.05, 4.69) is 10.1 Å². The Labute approximate surface area is 91.0 Å². The van der Waals surface area contributed by atoms with Crippen LogP contribution in [0.3, 0.4) is 0 Å². The number of ether oxygens (including phenoxy) is 1. The third-order valence-electron chi connectivity index (χ3n) is 2.55. The van der Waals surface area contributed by atoms with E-state index in [0.717, 1.165) is 32.4 Å². The smallest absolute Gasteiger partial charge is 0.322 e. The van der Waals surface area contributed by atoms with E-state index in [1.165, 1.54) is 7.11 Å². The number of halogens is 1. The fourth-order valence-corrected chi connectivity index (χ4v) is 1.72. The van der Waals surface area contributed by atoms with Gasteiger partial charge in [0.15, 0.2) is 0 Å². The van der Waals surface area contributed by atoms with Gasteiger partial charge in [0, 0.05) is 0 Å². The highest BCUT2D eigenvalue weighted by molar-refractivity contribution is 5.85. The Hall–Kier alpha value is -0.320. The lowest BCUT2D eigenvalue weighted by atomic mass is 9.91. The van der Waals surface area contributed by atoms with Gasteiger partial charge >= 0.3 is 5.97 Å². The summed E-state index contributed by atoms with van der Waals surface area (Å²) in [6.07, 6.45) is 2.99. The molecule has 1 unspecified atom stereocenters. The first-order chi connectivity index (χ1) is 6.24. The molecule has 0 aromatic carbocycles. The van der Waals surface area contributed by atoms with Crippen molar-refractivity contribution in [2.75, 3.05) is 20.2 Å². The van der Waals surface area contributed by atoms with E-state index in [1.54, 1.807) is 0 Å². The lowest BCUT2D eigenvalue weighted by Gasteiger charge is -2.24. The summed E-state index contributed by atoms with van der Waals surface area (Å²) in [6, 6.07) is -0.437. The first kappa shape index (κ1) is 13.7. The number of esters is 1. The zero-order valence-corrected chi connectivity index (χ0v) is 9.31. The van der Waals surface area contributed by atoms with Crippen LogP contribution < -0.4 is 11.1 Å². The normalized spacial score (nSPS) is 19.6. The van der Waals surface area contributed by atoms with Crippen molar-refractivity contribution < 1.29 is 9.53 Å². The second-order valence-corrected chi connectivity index (χ2v) is 3.56. The summed E-state index contributed by atoms with van der Waals surface area (Å²) in [7, 11) is 1.38. The molecule has 0 bridgehead atoms. The van der Waals surface area contributed by atoms with Gasteiger partial charge in [-0.2, -0.15) is 0 Å². The number of nitrogens with one attached hydrogen (secondary N) is 1. The summed E-state index contributed by atoms with van der Waals surface area (Å²) in [5, 5.41) is 3.27. The highest BCUT2D eigenvalue weighted by Gasteiger charge is 2.21. The van der Waals surface area contributed by atoms with E-state index < -0.39 is 6.04 Å². The molecule has 1 aliphatic rings. The van der Waals surface area contributed by atoms with Gasteiger partial charge in [0.2, 0.25) is 0 Å². The average Bonchev–Trinajstić information content (AvgIpc) is 2.18. The van der Waals surface area contributed by atoms with Crippen LogP contribution in [0.15, 0.2) is 0 Å². The third-order valence-corrected chi connectivity index (χ3v) is 2.55. The number of piperidine rings is 1. The second-order valence-electron chi connectivity index (χ2n) is 3.56. The van der Waals surface area contributed by atoms with E-state index in [-0.39, 0.29) is 18.4 Å². The summed E-state index contributed by atoms with van der Waals surface area (Å²) in [5.74, 6) is 0.286. The van der Waals surface area contributed by atoms with E-state index in [4.69, 9.17) is 5.73 Å². The van der Waals surface area contributed by atoms with Crippen LogP contribution in [0.25, 0.3) is 0 Å². The van der Waals surface area contributed by atoms with E-state index in [9.17, 15) is 4.79 Å². The quantitative estimate of drug-likeness (QED) is 0.675. The van der Waals surface area contributed by atoms with E-state index >= 15 is 0 Å². The maximum Gasteiger partial charge on any atom is 0.322 e. The van der Waals surface area contributed by atoms with Crippen LogP contribution in [-0.4, -0.2) is 32.2 Å². The minimum absolute atomic E-state index is 0. The highest BCUT2D eigenvalue weighted by Crippen LogP contribution is 2.17. The molecular weight excluding hydrogens is 204 g/mol. The lowest BCUT2D eigenvalue weighted by molar-refractivity contribution is -0.142. The van der Waals surface area contributed by atoms with Crippen molar-refractivity contribution in [2.45, 2.75) is 25.3 Å². The van der Waals surface area contributed by atoms with Gasteiger partial charge in [0.25, 0.3) is 0 Å². The van der Waals surface area contributed by atoms with Crippen LogP contribution in [0.5, 0.6) is 0 Å². The zero-order chi connectivity index (χ0) is 9.68. The highest BCUT2D eigenvalue weighted by atomic mass is 35.5.